The van der Waals surface area contributed by atoms with Crippen LogP contribution in [0.15, 0.2) is 12.3 Å². The molecule has 0 N–H and O–H groups in total. The van der Waals surface area contributed by atoms with Gasteiger partial charge in [0.15, 0.2) is 0 Å². The normalized spacial score (nSPS) is 16.0. The van der Waals surface area contributed by atoms with Gasteiger partial charge in [-0.1, -0.05) is 31.4 Å². The minimum atomic E-state index is -2.37. The Labute approximate surface area is 146 Å². The van der Waals surface area contributed by atoms with Gasteiger partial charge in [0.05, 0.1) is 8.80 Å². The van der Waals surface area contributed by atoms with Crippen LogP contribution in [0.4, 0.5) is 0 Å². The fourth-order valence-electron chi connectivity index (χ4n) is 2.67. The summed E-state index contributed by atoms with van der Waals surface area (Å²) in [5, 5.41) is 0. The van der Waals surface area contributed by atoms with Crippen LogP contribution in [0.5, 0.6) is 0 Å². The van der Waals surface area contributed by atoms with Crippen molar-refractivity contribution >= 4 is 30.2 Å². The maximum absolute atomic E-state index is 5.67. The fourth-order valence-corrected chi connectivity index (χ4v) is 8.12. The highest BCUT2D eigenvalue weighted by atomic mass is 32.1. The van der Waals surface area contributed by atoms with E-state index in [2.05, 4.69) is 24.9 Å². The Morgan fingerprint density at radius 3 is 1.82 bits per heavy atom. The van der Waals surface area contributed by atoms with Gasteiger partial charge in [0.2, 0.25) is 0 Å². The van der Waals surface area contributed by atoms with E-state index in [4.69, 9.17) is 13.3 Å². The third kappa shape index (κ3) is 10.2. The molecule has 0 bridgehead atoms. The summed E-state index contributed by atoms with van der Waals surface area (Å²) in [5.74, 6) is 0.849. The maximum Gasteiger partial charge on any atom is 0.500 e. The van der Waals surface area contributed by atoms with E-state index in [1.165, 1.54) is 31.4 Å². The molecule has 1 aliphatic rings. The number of hydrogen-bond donors (Lipinski definition) is 1. The third-order valence-corrected chi connectivity index (χ3v) is 10.2. The van der Waals surface area contributed by atoms with Crippen LogP contribution in [0.3, 0.4) is 0 Å². The summed E-state index contributed by atoms with van der Waals surface area (Å²) in [5.41, 5.74) is 2.25. The average Bonchev–Trinajstić information content (AvgIpc) is 2.55. The van der Waals surface area contributed by atoms with Crippen molar-refractivity contribution in [2.45, 2.75) is 64.6 Å². The SMILES string of the molecule is C=C[SiH]1CCCCC1.CCO[Si](CCCS)(OCC)OCC. The molecule has 0 aliphatic carbocycles. The Morgan fingerprint density at radius 1 is 1.00 bits per heavy atom. The molecule has 132 valence electrons. The summed E-state index contributed by atoms with van der Waals surface area (Å²) in [6.07, 6.45) is 5.44. The molecule has 0 saturated carbocycles. The van der Waals surface area contributed by atoms with E-state index >= 15 is 0 Å². The van der Waals surface area contributed by atoms with E-state index in [1.807, 2.05) is 20.8 Å². The molecular formula is C16H36O3SSi2. The van der Waals surface area contributed by atoms with Crippen LogP contribution in [0.1, 0.15) is 46.5 Å². The first-order valence-corrected chi connectivity index (χ1v) is 13.7. The van der Waals surface area contributed by atoms with E-state index in [0.29, 0.717) is 19.8 Å². The molecule has 0 aromatic heterocycles. The zero-order chi connectivity index (χ0) is 16.7. The molecule has 0 atom stereocenters. The molecule has 6 heteroatoms. The predicted octanol–water partition coefficient (Wildman–Crippen LogP) is 4.48. The zero-order valence-corrected chi connectivity index (χ0v) is 17.9. The molecular weight excluding hydrogens is 328 g/mol. The smallest absolute Gasteiger partial charge is 0.374 e. The molecule has 0 aromatic carbocycles. The van der Waals surface area contributed by atoms with Gasteiger partial charge in [-0.2, -0.15) is 12.6 Å². The minimum Gasteiger partial charge on any atom is -0.374 e. The van der Waals surface area contributed by atoms with Gasteiger partial charge in [-0.15, -0.1) is 12.3 Å². The second-order valence-electron chi connectivity index (χ2n) is 5.44. The van der Waals surface area contributed by atoms with Crippen molar-refractivity contribution in [2.24, 2.45) is 0 Å². The van der Waals surface area contributed by atoms with Gasteiger partial charge in [-0.25, -0.2) is 0 Å². The van der Waals surface area contributed by atoms with Crippen LogP contribution >= 0.6 is 12.6 Å². The van der Waals surface area contributed by atoms with Gasteiger partial charge in [-0.05, 0) is 32.9 Å². The van der Waals surface area contributed by atoms with Crippen molar-refractivity contribution in [1.29, 1.82) is 0 Å². The first-order valence-electron chi connectivity index (χ1n) is 8.83. The summed E-state index contributed by atoms with van der Waals surface area (Å²) in [7, 11) is -2.71. The van der Waals surface area contributed by atoms with E-state index < -0.39 is 8.80 Å². The van der Waals surface area contributed by atoms with Crippen LogP contribution in [-0.2, 0) is 13.3 Å². The number of hydrogen-bond acceptors (Lipinski definition) is 4. The molecule has 1 rings (SSSR count). The van der Waals surface area contributed by atoms with E-state index in [9.17, 15) is 0 Å². The lowest BCUT2D eigenvalue weighted by Crippen LogP contribution is -2.46. The lowest BCUT2D eigenvalue weighted by atomic mass is 10.3. The quantitative estimate of drug-likeness (QED) is 0.457. The fraction of sp³-hybridized carbons (Fsp3) is 0.875. The highest BCUT2D eigenvalue weighted by molar-refractivity contribution is 7.80. The topological polar surface area (TPSA) is 27.7 Å². The van der Waals surface area contributed by atoms with Crippen molar-refractivity contribution in [3.05, 3.63) is 12.3 Å². The Bertz CT molecular complexity index is 245. The zero-order valence-electron chi connectivity index (χ0n) is 14.8. The molecule has 1 heterocycles. The Balaban J connectivity index is 0.000000461. The second-order valence-corrected chi connectivity index (χ2v) is 11.8. The van der Waals surface area contributed by atoms with Gasteiger partial charge in [0.25, 0.3) is 0 Å². The van der Waals surface area contributed by atoms with E-state index in [0.717, 1.165) is 18.2 Å². The van der Waals surface area contributed by atoms with Gasteiger partial charge >= 0.3 is 8.80 Å². The molecule has 0 radical (unpaired) electrons. The van der Waals surface area contributed by atoms with Crippen LogP contribution in [0, 0.1) is 0 Å². The van der Waals surface area contributed by atoms with Gasteiger partial charge in [0, 0.05) is 25.9 Å². The molecule has 1 saturated heterocycles. The van der Waals surface area contributed by atoms with Crippen molar-refractivity contribution in [2.75, 3.05) is 25.6 Å². The Kier molecular flexibility index (Phi) is 15.2. The molecule has 0 unspecified atom stereocenters. The first kappa shape index (κ1) is 22.4. The largest absolute Gasteiger partial charge is 0.500 e. The van der Waals surface area contributed by atoms with Crippen molar-refractivity contribution in [1.82, 2.24) is 0 Å². The number of thiol groups is 1. The molecule has 0 amide bonds. The minimum absolute atomic E-state index is 0.341. The average molecular weight is 365 g/mol. The Morgan fingerprint density at radius 2 is 1.50 bits per heavy atom. The third-order valence-electron chi connectivity index (χ3n) is 3.72. The molecule has 22 heavy (non-hydrogen) atoms. The van der Waals surface area contributed by atoms with Gasteiger partial charge in [0.1, 0.15) is 0 Å². The van der Waals surface area contributed by atoms with E-state index in [1.54, 1.807) is 0 Å². The van der Waals surface area contributed by atoms with Crippen molar-refractivity contribution < 1.29 is 13.3 Å². The monoisotopic (exact) mass is 364 g/mol. The van der Waals surface area contributed by atoms with Gasteiger partial charge < -0.3 is 13.3 Å². The van der Waals surface area contributed by atoms with Crippen LogP contribution < -0.4 is 0 Å². The molecule has 1 aliphatic heterocycles. The lowest BCUT2D eigenvalue weighted by Gasteiger charge is -2.28. The lowest BCUT2D eigenvalue weighted by molar-refractivity contribution is 0.0712. The first-order chi connectivity index (χ1) is 10.7. The predicted molar refractivity (Wildman–Crippen MR) is 105 cm³/mol. The van der Waals surface area contributed by atoms with Crippen LogP contribution in [-0.4, -0.2) is 43.2 Å². The highest BCUT2D eigenvalue weighted by Gasteiger charge is 2.39. The summed E-state index contributed by atoms with van der Waals surface area (Å²) < 4.78 is 17.0. The summed E-state index contributed by atoms with van der Waals surface area (Å²) >= 11 is 4.19. The summed E-state index contributed by atoms with van der Waals surface area (Å²) in [4.78, 5) is 0. The summed E-state index contributed by atoms with van der Waals surface area (Å²) in [6, 6.07) is 3.93. The van der Waals surface area contributed by atoms with Crippen LogP contribution in [0.25, 0.3) is 0 Å². The van der Waals surface area contributed by atoms with Crippen LogP contribution in [0.2, 0.25) is 18.1 Å². The molecule has 0 spiro atoms. The second kappa shape index (κ2) is 15.0. The summed E-state index contributed by atoms with van der Waals surface area (Å²) in [6.45, 7) is 11.7. The maximum atomic E-state index is 5.67. The van der Waals surface area contributed by atoms with E-state index in [-0.39, 0.29) is 8.80 Å². The molecule has 3 nitrogen and oxygen atoms in total. The standard InChI is InChI=1S/C9H22O3SSi.C7H14Si/c1-4-10-14(11-5-2,12-6-3)9-7-8-13;1-2-8-6-4-3-5-7-8/h13H,4-9H2,1-3H3;2,8H,1,3-7H2. The van der Waals surface area contributed by atoms with Crippen molar-refractivity contribution in [3.63, 3.8) is 0 Å². The van der Waals surface area contributed by atoms with Gasteiger partial charge in [-0.3, -0.25) is 0 Å². The highest BCUT2D eigenvalue weighted by Crippen LogP contribution is 2.19. The number of rotatable bonds is 10. The molecule has 0 aromatic rings. The van der Waals surface area contributed by atoms with Crippen molar-refractivity contribution in [3.8, 4) is 0 Å². The molecule has 1 fully saturated rings. The Hall–Kier alpha value is 0.404.